The number of carbonyl (C=O) groups excluding carboxylic acids is 2. The van der Waals surface area contributed by atoms with E-state index in [9.17, 15) is 9.59 Å². The van der Waals surface area contributed by atoms with Gasteiger partial charge < -0.3 is 14.8 Å². The van der Waals surface area contributed by atoms with E-state index in [-0.39, 0.29) is 12.5 Å². The Hall–Kier alpha value is -3.80. The van der Waals surface area contributed by atoms with E-state index in [0.717, 1.165) is 11.1 Å². The molecule has 0 saturated carbocycles. The van der Waals surface area contributed by atoms with Crippen LogP contribution in [0.2, 0.25) is 0 Å². The molecule has 31 heavy (non-hydrogen) atoms. The Morgan fingerprint density at radius 2 is 1.55 bits per heavy atom. The normalized spacial score (nSPS) is 18.1. The van der Waals surface area contributed by atoms with E-state index >= 15 is 0 Å². The molecule has 1 aliphatic heterocycles. The van der Waals surface area contributed by atoms with Gasteiger partial charge in [-0.25, -0.2) is 4.79 Å². The lowest BCUT2D eigenvalue weighted by Gasteiger charge is -2.26. The summed E-state index contributed by atoms with van der Waals surface area (Å²) >= 11 is 0. The predicted octanol–water partition coefficient (Wildman–Crippen LogP) is 4.84. The highest BCUT2D eigenvalue weighted by molar-refractivity contribution is 6.07. The largest absolute Gasteiger partial charge is 0.497 e. The molecule has 1 aliphatic rings. The summed E-state index contributed by atoms with van der Waals surface area (Å²) in [6, 6.07) is 23.6. The molecular formula is C25H24N2O4. The van der Waals surface area contributed by atoms with Crippen molar-refractivity contribution < 1.29 is 19.1 Å². The van der Waals surface area contributed by atoms with Gasteiger partial charge >= 0.3 is 6.03 Å². The van der Waals surface area contributed by atoms with E-state index in [0.29, 0.717) is 23.7 Å². The van der Waals surface area contributed by atoms with Gasteiger partial charge in [0.05, 0.1) is 13.7 Å². The Labute approximate surface area is 181 Å². The fourth-order valence-electron chi connectivity index (χ4n) is 3.80. The van der Waals surface area contributed by atoms with Gasteiger partial charge in [-0.2, -0.15) is 0 Å². The minimum absolute atomic E-state index is 0.117. The molecule has 6 nitrogen and oxygen atoms in total. The second-order valence-electron chi connectivity index (χ2n) is 7.33. The van der Waals surface area contributed by atoms with Crippen LogP contribution in [-0.2, 0) is 16.9 Å². The summed E-state index contributed by atoms with van der Waals surface area (Å²) in [5, 5.41) is 2.92. The molecule has 1 heterocycles. The first-order chi connectivity index (χ1) is 15.1. The number of para-hydroxylation sites is 2. The monoisotopic (exact) mass is 416 g/mol. The molecular weight excluding hydrogens is 392 g/mol. The molecule has 1 N–H and O–H groups in total. The molecule has 6 heteroatoms. The molecule has 0 aromatic heterocycles. The third kappa shape index (κ3) is 3.84. The van der Waals surface area contributed by atoms with Crippen LogP contribution in [0.25, 0.3) is 0 Å². The van der Waals surface area contributed by atoms with Gasteiger partial charge in [0.2, 0.25) is 0 Å². The molecule has 1 saturated heterocycles. The maximum absolute atomic E-state index is 13.5. The Balaban J connectivity index is 1.61. The third-order valence-corrected chi connectivity index (χ3v) is 5.56. The van der Waals surface area contributed by atoms with Gasteiger partial charge in [0, 0.05) is 5.56 Å². The number of hydrogen-bond donors (Lipinski definition) is 1. The van der Waals surface area contributed by atoms with Crippen LogP contribution in [0.15, 0.2) is 78.9 Å². The predicted molar refractivity (Wildman–Crippen MR) is 117 cm³/mol. The summed E-state index contributed by atoms with van der Waals surface area (Å²) < 4.78 is 11.2. The molecule has 158 valence electrons. The van der Waals surface area contributed by atoms with E-state index in [1.165, 1.54) is 4.90 Å². The van der Waals surface area contributed by atoms with Gasteiger partial charge in [0.25, 0.3) is 5.91 Å². The lowest BCUT2D eigenvalue weighted by atomic mass is 9.87. The van der Waals surface area contributed by atoms with E-state index in [2.05, 4.69) is 5.32 Å². The molecule has 3 aromatic carbocycles. The molecule has 0 bridgehead atoms. The highest BCUT2D eigenvalue weighted by Gasteiger charge is 2.51. The number of nitrogens with zero attached hydrogens (tertiary/aromatic N) is 1. The number of urea groups is 1. The van der Waals surface area contributed by atoms with Gasteiger partial charge in [0.15, 0.2) is 0 Å². The summed E-state index contributed by atoms with van der Waals surface area (Å²) in [6.45, 7) is 2.00. The Kier molecular flexibility index (Phi) is 5.62. The number of imide groups is 1. The molecule has 0 spiro atoms. The molecule has 3 aromatic rings. The number of methoxy groups -OCH3 is 1. The van der Waals surface area contributed by atoms with Crippen molar-refractivity contribution in [2.75, 3.05) is 7.11 Å². The molecule has 3 amide bonds. The number of nitrogens with one attached hydrogen (secondary N) is 1. The van der Waals surface area contributed by atoms with E-state index in [1.54, 1.807) is 19.2 Å². The van der Waals surface area contributed by atoms with Crippen molar-refractivity contribution in [1.82, 2.24) is 10.2 Å². The lowest BCUT2D eigenvalue weighted by molar-refractivity contribution is -0.132. The zero-order valence-electron chi connectivity index (χ0n) is 17.5. The standard InChI is InChI=1S/C25H24N2O4/c1-3-25(19-13-15-20(30-2)16-14-19)23(28)27(24(29)26-25)17-18-9-7-8-12-22(18)31-21-10-5-4-6-11-21/h4-16H,3,17H2,1-2H3,(H,26,29). The fraction of sp³-hybridized carbons (Fsp3) is 0.200. The maximum atomic E-state index is 13.5. The number of rotatable bonds is 7. The molecule has 1 unspecified atom stereocenters. The Bertz CT molecular complexity index is 1080. The molecule has 1 fully saturated rings. The van der Waals surface area contributed by atoms with Crippen LogP contribution in [0.4, 0.5) is 4.79 Å². The summed E-state index contributed by atoms with van der Waals surface area (Å²) in [7, 11) is 1.59. The number of ether oxygens (including phenoxy) is 2. The van der Waals surface area contributed by atoms with Crippen molar-refractivity contribution in [3.05, 3.63) is 90.0 Å². The minimum atomic E-state index is -1.10. The minimum Gasteiger partial charge on any atom is -0.497 e. The van der Waals surface area contributed by atoms with E-state index in [4.69, 9.17) is 9.47 Å². The molecule has 0 aliphatic carbocycles. The topological polar surface area (TPSA) is 67.9 Å². The smallest absolute Gasteiger partial charge is 0.325 e. The van der Waals surface area contributed by atoms with E-state index in [1.807, 2.05) is 73.7 Å². The van der Waals surface area contributed by atoms with Crippen molar-refractivity contribution in [2.45, 2.75) is 25.4 Å². The van der Waals surface area contributed by atoms with Crippen molar-refractivity contribution >= 4 is 11.9 Å². The highest BCUT2D eigenvalue weighted by Crippen LogP contribution is 2.35. The van der Waals surface area contributed by atoms with Gasteiger partial charge in [-0.3, -0.25) is 9.69 Å². The van der Waals surface area contributed by atoms with E-state index < -0.39 is 11.6 Å². The van der Waals surface area contributed by atoms with Crippen LogP contribution in [0.3, 0.4) is 0 Å². The van der Waals surface area contributed by atoms with Crippen LogP contribution in [0, 0.1) is 0 Å². The highest BCUT2D eigenvalue weighted by atomic mass is 16.5. The zero-order chi connectivity index (χ0) is 21.8. The SMILES string of the molecule is CCC1(c2ccc(OC)cc2)NC(=O)N(Cc2ccccc2Oc2ccccc2)C1=O. The van der Waals surface area contributed by atoms with Crippen molar-refractivity contribution in [2.24, 2.45) is 0 Å². The van der Waals surface area contributed by atoms with Gasteiger partial charge in [0.1, 0.15) is 22.8 Å². The summed E-state index contributed by atoms with van der Waals surface area (Å²) in [6.07, 6.45) is 0.433. The summed E-state index contributed by atoms with van der Waals surface area (Å²) in [4.78, 5) is 27.6. The summed E-state index contributed by atoms with van der Waals surface area (Å²) in [5.41, 5.74) is 0.375. The summed E-state index contributed by atoms with van der Waals surface area (Å²) in [5.74, 6) is 1.70. The third-order valence-electron chi connectivity index (χ3n) is 5.56. The number of benzene rings is 3. The van der Waals surface area contributed by atoms with Crippen LogP contribution < -0.4 is 14.8 Å². The first-order valence-corrected chi connectivity index (χ1v) is 10.2. The lowest BCUT2D eigenvalue weighted by Crippen LogP contribution is -2.43. The average Bonchev–Trinajstić information content (AvgIpc) is 3.06. The number of carbonyl (C=O) groups is 2. The van der Waals surface area contributed by atoms with Crippen LogP contribution in [0.1, 0.15) is 24.5 Å². The Morgan fingerprint density at radius 1 is 0.871 bits per heavy atom. The molecule has 4 rings (SSSR count). The number of amides is 3. The van der Waals surface area contributed by atoms with Crippen LogP contribution >= 0.6 is 0 Å². The second kappa shape index (κ2) is 8.52. The molecule has 0 radical (unpaired) electrons. The van der Waals surface area contributed by atoms with Crippen molar-refractivity contribution in [3.8, 4) is 17.2 Å². The van der Waals surface area contributed by atoms with Gasteiger partial charge in [-0.1, -0.05) is 55.5 Å². The number of hydrogen-bond acceptors (Lipinski definition) is 4. The average molecular weight is 416 g/mol. The first-order valence-electron chi connectivity index (χ1n) is 10.2. The van der Waals surface area contributed by atoms with Crippen LogP contribution in [0.5, 0.6) is 17.2 Å². The zero-order valence-corrected chi connectivity index (χ0v) is 17.5. The quantitative estimate of drug-likeness (QED) is 0.560. The molecule has 1 atom stereocenters. The van der Waals surface area contributed by atoms with Crippen molar-refractivity contribution in [1.29, 1.82) is 0 Å². The van der Waals surface area contributed by atoms with Gasteiger partial charge in [-0.05, 0) is 42.3 Å². The Morgan fingerprint density at radius 3 is 2.23 bits per heavy atom. The first kappa shape index (κ1) is 20.5. The van der Waals surface area contributed by atoms with Gasteiger partial charge in [-0.15, -0.1) is 0 Å². The second-order valence-corrected chi connectivity index (χ2v) is 7.33. The fourth-order valence-corrected chi connectivity index (χ4v) is 3.80. The van der Waals surface area contributed by atoms with Crippen LogP contribution in [-0.4, -0.2) is 23.9 Å². The maximum Gasteiger partial charge on any atom is 0.325 e. The van der Waals surface area contributed by atoms with Crippen molar-refractivity contribution in [3.63, 3.8) is 0 Å².